The van der Waals surface area contributed by atoms with Crippen LogP contribution in [0, 0.1) is 11.8 Å². The molecule has 0 radical (unpaired) electrons. The molecule has 20 heavy (non-hydrogen) atoms. The van der Waals surface area contributed by atoms with E-state index in [1.54, 1.807) is 17.3 Å². The molecule has 0 aliphatic carbocycles. The predicted molar refractivity (Wildman–Crippen MR) is 72.2 cm³/mol. The van der Waals surface area contributed by atoms with Crippen LogP contribution in [0.3, 0.4) is 0 Å². The predicted octanol–water partition coefficient (Wildman–Crippen LogP) is 0.704. The van der Waals surface area contributed by atoms with Gasteiger partial charge in [-0.15, -0.1) is 0 Å². The number of carbonyl (C=O) groups is 2. The first-order chi connectivity index (χ1) is 9.58. The van der Waals surface area contributed by atoms with Crippen molar-refractivity contribution in [3.63, 3.8) is 0 Å². The second-order valence-corrected chi connectivity index (χ2v) is 5.20. The topological polar surface area (TPSA) is 98.3 Å². The molecule has 0 aromatic carbocycles. The third kappa shape index (κ3) is 3.49. The first-order valence-electron chi connectivity index (χ1n) is 6.81. The van der Waals surface area contributed by atoms with Crippen molar-refractivity contribution in [2.24, 2.45) is 11.8 Å². The number of amides is 2. The van der Waals surface area contributed by atoms with Crippen molar-refractivity contribution in [2.45, 2.75) is 19.8 Å². The number of aromatic amines is 1. The Morgan fingerprint density at radius 1 is 1.55 bits per heavy atom. The molecule has 2 amide bonds. The molecule has 110 valence electrons. The van der Waals surface area contributed by atoms with E-state index >= 15 is 0 Å². The number of hydrogen-bond donors (Lipinski definition) is 3. The quantitative estimate of drug-likeness (QED) is 0.692. The Morgan fingerprint density at radius 3 is 2.95 bits per heavy atom. The zero-order valence-electron chi connectivity index (χ0n) is 11.5. The summed E-state index contributed by atoms with van der Waals surface area (Å²) in [6, 6.07) is -0.181. The first-order valence-corrected chi connectivity index (χ1v) is 6.81. The van der Waals surface area contributed by atoms with Crippen LogP contribution in [0.15, 0.2) is 12.4 Å². The van der Waals surface area contributed by atoms with Crippen molar-refractivity contribution in [1.29, 1.82) is 0 Å². The highest BCUT2D eigenvalue weighted by molar-refractivity contribution is 5.77. The molecule has 2 atom stereocenters. The van der Waals surface area contributed by atoms with Gasteiger partial charge in [0.05, 0.1) is 5.92 Å². The second-order valence-electron chi connectivity index (χ2n) is 5.20. The van der Waals surface area contributed by atoms with E-state index < -0.39 is 11.9 Å². The van der Waals surface area contributed by atoms with E-state index in [2.05, 4.69) is 15.3 Å². The number of aromatic nitrogens is 2. The highest BCUT2D eigenvalue weighted by atomic mass is 16.4. The summed E-state index contributed by atoms with van der Waals surface area (Å²) in [6.45, 7) is 3.21. The number of imidazole rings is 1. The summed E-state index contributed by atoms with van der Waals surface area (Å²) >= 11 is 0. The van der Waals surface area contributed by atoms with Gasteiger partial charge in [0.2, 0.25) is 0 Å². The number of nitrogens with zero attached hydrogens (tertiary/aromatic N) is 2. The normalized spacial score (nSPS) is 21.9. The smallest absolute Gasteiger partial charge is 0.317 e. The fraction of sp³-hybridized carbons (Fsp3) is 0.615. The van der Waals surface area contributed by atoms with Crippen LogP contribution in [0.4, 0.5) is 4.79 Å². The van der Waals surface area contributed by atoms with Crippen molar-refractivity contribution in [3.8, 4) is 0 Å². The van der Waals surface area contributed by atoms with E-state index in [0.717, 1.165) is 18.7 Å². The number of hydrogen-bond acceptors (Lipinski definition) is 3. The van der Waals surface area contributed by atoms with Crippen LogP contribution in [-0.4, -0.2) is 51.6 Å². The van der Waals surface area contributed by atoms with Gasteiger partial charge in [-0.3, -0.25) is 4.79 Å². The Hall–Kier alpha value is -2.05. The summed E-state index contributed by atoms with van der Waals surface area (Å²) in [5.74, 6) is -0.379. The third-order valence-electron chi connectivity index (χ3n) is 3.64. The Kier molecular flexibility index (Phi) is 4.60. The Balaban J connectivity index is 1.69. The maximum absolute atomic E-state index is 11.9. The van der Waals surface area contributed by atoms with Gasteiger partial charge in [0.1, 0.15) is 5.82 Å². The molecule has 7 nitrogen and oxygen atoms in total. The molecule has 7 heteroatoms. The Morgan fingerprint density at radius 2 is 2.35 bits per heavy atom. The summed E-state index contributed by atoms with van der Waals surface area (Å²) in [6.07, 6.45) is 5.05. The Bertz CT molecular complexity index is 460. The highest BCUT2D eigenvalue weighted by Crippen LogP contribution is 2.22. The molecule has 2 heterocycles. The summed E-state index contributed by atoms with van der Waals surface area (Å²) < 4.78 is 0. The average Bonchev–Trinajstić information content (AvgIpc) is 3.03. The number of urea groups is 1. The number of H-pyrrole nitrogens is 1. The number of rotatable bonds is 5. The van der Waals surface area contributed by atoms with E-state index in [-0.39, 0.29) is 11.9 Å². The third-order valence-corrected chi connectivity index (χ3v) is 3.64. The van der Waals surface area contributed by atoms with Crippen LogP contribution in [0.5, 0.6) is 0 Å². The lowest BCUT2D eigenvalue weighted by atomic mass is 9.99. The number of carboxylic acid groups (broad SMARTS) is 1. The molecule has 1 aromatic rings. The average molecular weight is 280 g/mol. The summed E-state index contributed by atoms with van der Waals surface area (Å²) in [5, 5.41) is 11.9. The molecular weight excluding hydrogens is 260 g/mol. The van der Waals surface area contributed by atoms with Gasteiger partial charge < -0.3 is 20.3 Å². The van der Waals surface area contributed by atoms with Gasteiger partial charge in [-0.2, -0.15) is 0 Å². The number of nitrogens with one attached hydrogen (secondary N) is 2. The van der Waals surface area contributed by atoms with Crippen LogP contribution in [0.25, 0.3) is 0 Å². The molecule has 0 spiro atoms. The van der Waals surface area contributed by atoms with E-state index in [9.17, 15) is 9.59 Å². The minimum Gasteiger partial charge on any atom is -0.481 e. The second kappa shape index (κ2) is 6.40. The molecule has 1 aliphatic rings. The number of aliphatic carboxylic acids is 1. The zero-order valence-corrected chi connectivity index (χ0v) is 11.5. The van der Waals surface area contributed by atoms with Gasteiger partial charge in [0, 0.05) is 38.4 Å². The fourth-order valence-electron chi connectivity index (χ4n) is 2.45. The first kappa shape index (κ1) is 14.4. The largest absolute Gasteiger partial charge is 0.481 e. The van der Waals surface area contributed by atoms with Gasteiger partial charge >= 0.3 is 12.0 Å². The van der Waals surface area contributed by atoms with E-state index in [1.165, 1.54) is 0 Å². The van der Waals surface area contributed by atoms with Crippen molar-refractivity contribution >= 4 is 12.0 Å². The summed E-state index contributed by atoms with van der Waals surface area (Å²) in [4.78, 5) is 31.6. The molecule has 0 saturated carbocycles. The van der Waals surface area contributed by atoms with Crippen molar-refractivity contribution in [3.05, 3.63) is 18.2 Å². The lowest BCUT2D eigenvalue weighted by molar-refractivity contribution is -0.142. The molecule has 3 N–H and O–H groups in total. The van der Waals surface area contributed by atoms with E-state index in [4.69, 9.17) is 5.11 Å². The maximum atomic E-state index is 11.9. The lowest BCUT2D eigenvalue weighted by Crippen LogP contribution is -2.39. The lowest BCUT2D eigenvalue weighted by Gasteiger charge is -2.16. The fourth-order valence-corrected chi connectivity index (χ4v) is 2.45. The molecular formula is C13H20N4O3. The van der Waals surface area contributed by atoms with Gasteiger partial charge in [-0.1, -0.05) is 6.92 Å². The monoisotopic (exact) mass is 280 g/mol. The summed E-state index contributed by atoms with van der Waals surface area (Å²) in [5.41, 5.74) is 0. The van der Waals surface area contributed by atoms with Crippen LogP contribution in [0.2, 0.25) is 0 Å². The number of aryl methyl sites for hydroxylation is 1. The molecule has 1 fully saturated rings. The highest BCUT2D eigenvalue weighted by Gasteiger charge is 2.36. The van der Waals surface area contributed by atoms with E-state index in [1.807, 2.05) is 6.92 Å². The summed E-state index contributed by atoms with van der Waals surface area (Å²) in [7, 11) is 0. The van der Waals surface area contributed by atoms with Gasteiger partial charge in [0.15, 0.2) is 0 Å². The molecule has 1 aromatic heterocycles. The number of carboxylic acids is 1. The Labute approximate surface area is 117 Å². The SMILES string of the molecule is CC1CN(C(=O)NCCCc2ncc[nH]2)CC1C(=O)O. The molecule has 2 unspecified atom stereocenters. The minimum atomic E-state index is -0.828. The van der Waals surface area contributed by atoms with Crippen molar-refractivity contribution in [2.75, 3.05) is 19.6 Å². The van der Waals surface area contributed by atoms with Crippen LogP contribution >= 0.6 is 0 Å². The van der Waals surface area contributed by atoms with Crippen LogP contribution < -0.4 is 5.32 Å². The van der Waals surface area contributed by atoms with Gasteiger partial charge in [-0.05, 0) is 12.3 Å². The van der Waals surface area contributed by atoms with Crippen LogP contribution in [0.1, 0.15) is 19.2 Å². The molecule has 1 saturated heterocycles. The van der Waals surface area contributed by atoms with Crippen molar-refractivity contribution < 1.29 is 14.7 Å². The van der Waals surface area contributed by atoms with E-state index in [0.29, 0.717) is 19.6 Å². The standard InChI is InChI=1S/C13H20N4O3/c1-9-7-17(8-10(9)12(18)19)13(20)16-4-2-3-11-14-5-6-15-11/h5-6,9-10H,2-4,7-8H2,1H3,(H,14,15)(H,16,20)(H,18,19). The molecule has 0 bridgehead atoms. The molecule has 1 aliphatic heterocycles. The van der Waals surface area contributed by atoms with Crippen LogP contribution in [-0.2, 0) is 11.2 Å². The maximum Gasteiger partial charge on any atom is 0.317 e. The van der Waals surface area contributed by atoms with Gasteiger partial charge in [-0.25, -0.2) is 9.78 Å². The molecule has 2 rings (SSSR count). The minimum absolute atomic E-state index is 0.00127. The zero-order chi connectivity index (χ0) is 14.5. The van der Waals surface area contributed by atoms with Gasteiger partial charge in [0.25, 0.3) is 0 Å². The number of carbonyl (C=O) groups excluding carboxylic acids is 1. The van der Waals surface area contributed by atoms with Crippen molar-refractivity contribution in [1.82, 2.24) is 20.2 Å². The number of likely N-dealkylation sites (tertiary alicyclic amines) is 1.